The van der Waals surface area contributed by atoms with E-state index >= 15 is 0 Å². The Hall–Kier alpha value is -0.905. The van der Waals surface area contributed by atoms with E-state index in [9.17, 15) is 4.79 Å². The first-order chi connectivity index (χ1) is 12.0. The van der Waals surface area contributed by atoms with E-state index in [1.807, 2.05) is 6.08 Å². The minimum atomic E-state index is -1.22. The summed E-state index contributed by atoms with van der Waals surface area (Å²) in [4.78, 5) is 10.2. The number of hydrogen-bond acceptors (Lipinski definition) is 4. The van der Waals surface area contributed by atoms with Gasteiger partial charge in [-0.1, -0.05) is 50.7 Å². The fourth-order valence-electron chi connectivity index (χ4n) is 3.37. The molecule has 4 nitrogen and oxygen atoms in total. The summed E-state index contributed by atoms with van der Waals surface area (Å²) in [5.74, 6) is 1.19. The zero-order valence-corrected chi connectivity index (χ0v) is 15.8. The second-order valence-electron chi connectivity index (χ2n) is 7.13. The van der Waals surface area contributed by atoms with Gasteiger partial charge in [-0.05, 0) is 44.3 Å². The van der Waals surface area contributed by atoms with Crippen LogP contribution in [0.25, 0.3) is 0 Å². The third-order valence-electron chi connectivity index (χ3n) is 4.91. The van der Waals surface area contributed by atoms with Crippen LogP contribution in [-0.2, 0) is 4.79 Å². The number of rotatable bonds is 6. The molecule has 2 aliphatic rings. The summed E-state index contributed by atoms with van der Waals surface area (Å²) < 4.78 is 0. The second-order valence-corrected chi connectivity index (χ2v) is 7.13. The standard InChI is InChI=1S/C10H19N.C7H12O.C3H7BO2/c1-2-6-10(11)9-7-4-3-5-8-9;8-6-7-4-2-1-3-5-7;1-2-3-4(5)6/h2,9-10H,1,3-8,11H2;6-7H,1-5H2;2,5-6H,1,3H2. The van der Waals surface area contributed by atoms with Crippen molar-refractivity contribution in [2.45, 2.75) is 83.0 Å². The molecule has 0 saturated heterocycles. The summed E-state index contributed by atoms with van der Waals surface area (Å²) in [6, 6.07) is 0.382. The highest BCUT2D eigenvalue weighted by molar-refractivity contribution is 6.41. The van der Waals surface area contributed by atoms with Crippen LogP contribution in [0.15, 0.2) is 25.3 Å². The van der Waals surface area contributed by atoms with Crippen LogP contribution in [0.3, 0.4) is 0 Å². The number of hydrogen-bond donors (Lipinski definition) is 3. The number of nitrogens with two attached hydrogens (primary N) is 1. The third kappa shape index (κ3) is 14.0. The molecule has 1 atom stereocenters. The van der Waals surface area contributed by atoms with Crippen LogP contribution in [0.1, 0.15) is 70.6 Å². The summed E-state index contributed by atoms with van der Waals surface area (Å²) in [5.41, 5.74) is 5.99. The molecule has 144 valence electrons. The molecular weight excluding hydrogens is 313 g/mol. The van der Waals surface area contributed by atoms with Crippen LogP contribution < -0.4 is 5.73 Å². The summed E-state index contributed by atoms with van der Waals surface area (Å²) in [6.45, 7) is 7.00. The van der Waals surface area contributed by atoms with Crippen molar-refractivity contribution in [1.29, 1.82) is 0 Å². The molecular formula is C20H38BNO3. The monoisotopic (exact) mass is 351 g/mol. The van der Waals surface area contributed by atoms with Gasteiger partial charge in [0, 0.05) is 12.0 Å². The highest BCUT2D eigenvalue weighted by atomic mass is 16.4. The molecule has 2 saturated carbocycles. The minimum absolute atomic E-state index is 0.250. The Labute approximate surface area is 154 Å². The average Bonchev–Trinajstić information content (AvgIpc) is 2.64. The van der Waals surface area contributed by atoms with Crippen molar-refractivity contribution >= 4 is 13.4 Å². The number of carbonyl (C=O) groups is 1. The maximum absolute atomic E-state index is 10.2. The normalized spacial score (nSPS) is 19.3. The molecule has 0 bridgehead atoms. The molecule has 0 aliphatic heterocycles. The van der Waals surface area contributed by atoms with Crippen molar-refractivity contribution in [3.05, 3.63) is 25.3 Å². The SMILES string of the molecule is C=CCB(O)O.C=CCC(N)C1CCCCC1.O=CC1CCCCC1. The van der Waals surface area contributed by atoms with Crippen molar-refractivity contribution < 1.29 is 14.8 Å². The van der Waals surface area contributed by atoms with Crippen molar-refractivity contribution in [2.75, 3.05) is 0 Å². The van der Waals surface area contributed by atoms with Gasteiger partial charge >= 0.3 is 7.12 Å². The Balaban J connectivity index is 0.000000365. The fourth-order valence-corrected chi connectivity index (χ4v) is 3.37. The smallest absolute Gasteiger partial charge is 0.427 e. The van der Waals surface area contributed by atoms with Crippen LogP contribution >= 0.6 is 0 Å². The predicted molar refractivity (Wildman–Crippen MR) is 107 cm³/mol. The van der Waals surface area contributed by atoms with Crippen molar-refractivity contribution in [3.63, 3.8) is 0 Å². The lowest BCUT2D eigenvalue weighted by Gasteiger charge is -2.26. The fraction of sp³-hybridized carbons (Fsp3) is 0.750. The van der Waals surface area contributed by atoms with Crippen LogP contribution in [0, 0.1) is 11.8 Å². The van der Waals surface area contributed by atoms with Gasteiger partial charge in [0.15, 0.2) is 0 Å². The number of carbonyl (C=O) groups excluding carboxylic acids is 1. The quantitative estimate of drug-likeness (QED) is 0.385. The van der Waals surface area contributed by atoms with Gasteiger partial charge < -0.3 is 20.6 Å². The maximum Gasteiger partial charge on any atom is 0.455 e. The second kappa shape index (κ2) is 16.6. The van der Waals surface area contributed by atoms with Gasteiger partial charge in [0.25, 0.3) is 0 Å². The molecule has 0 radical (unpaired) electrons. The summed E-state index contributed by atoms with van der Waals surface area (Å²) in [6.07, 6.45) is 18.8. The Kier molecular flexibility index (Phi) is 16.0. The largest absolute Gasteiger partial charge is 0.455 e. The van der Waals surface area contributed by atoms with Crippen LogP contribution in [0.5, 0.6) is 0 Å². The van der Waals surface area contributed by atoms with Crippen molar-refractivity contribution in [3.8, 4) is 0 Å². The van der Waals surface area contributed by atoms with E-state index in [-0.39, 0.29) is 6.32 Å². The molecule has 2 fully saturated rings. The lowest BCUT2D eigenvalue weighted by atomic mass is 9.83. The lowest BCUT2D eigenvalue weighted by Crippen LogP contribution is -2.30. The van der Waals surface area contributed by atoms with Gasteiger partial charge in [-0.15, -0.1) is 13.2 Å². The Bertz CT molecular complexity index is 338. The first kappa shape index (κ1) is 24.1. The van der Waals surface area contributed by atoms with Gasteiger partial charge in [-0.3, -0.25) is 0 Å². The average molecular weight is 351 g/mol. The zero-order valence-electron chi connectivity index (χ0n) is 15.8. The van der Waals surface area contributed by atoms with E-state index in [4.69, 9.17) is 15.8 Å². The molecule has 0 heterocycles. The van der Waals surface area contributed by atoms with Gasteiger partial charge in [-0.2, -0.15) is 0 Å². The summed E-state index contributed by atoms with van der Waals surface area (Å²) in [5, 5.41) is 16.1. The number of aldehydes is 1. The van der Waals surface area contributed by atoms with Gasteiger partial charge in [-0.25, -0.2) is 0 Å². The predicted octanol–water partition coefficient (Wildman–Crippen LogP) is 3.88. The van der Waals surface area contributed by atoms with E-state index in [1.165, 1.54) is 57.4 Å². The van der Waals surface area contributed by atoms with Crippen molar-refractivity contribution in [1.82, 2.24) is 0 Å². The molecule has 2 rings (SSSR count). The van der Waals surface area contributed by atoms with Gasteiger partial charge in [0.05, 0.1) is 0 Å². The van der Waals surface area contributed by atoms with Crippen LogP contribution in [0.2, 0.25) is 6.32 Å². The Morgan fingerprint density at radius 2 is 1.48 bits per heavy atom. The number of allylic oxidation sites excluding steroid dienone is 1. The lowest BCUT2D eigenvalue weighted by molar-refractivity contribution is -0.111. The third-order valence-corrected chi connectivity index (χ3v) is 4.91. The molecule has 0 aromatic carbocycles. The molecule has 25 heavy (non-hydrogen) atoms. The van der Waals surface area contributed by atoms with E-state index in [0.717, 1.165) is 31.5 Å². The minimum Gasteiger partial charge on any atom is -0.427 e. The van der Waals surface area contributed by atoms with Crippen LogP contribution in [0.4, 0.5) is 0 Å². The molecule has 0 amide bonds. The highest BCUT2D eigenvalue weighted by Gasteiger charge is 2.18. The molecule has 0 spiro atoms. The molecule has 2 aliphatic carbocycles. The zero-order chi connectivity index (χ0) is 18.9. The molecule has 1 unspecified atom stereocenters. The topological polar surface area (TPSA) is 83.6 Å². The van der Waals surface area contributed by atoms with E-state index in [1.54, 1.807) is 0 Å². The van der Waals surface area contributed by atoms with Gasteiger partial charge in [0.2, 0.25) is 0 Å². The van der Waals surface area contributed by atoms with E-state index in [2.05, 4.69) is 13.2 Å². The van der Waals surface area contributed by atoms with Crippen LogP contribution in [-0.4, -0.2) is 29.5 Å². The first-order valence-electron chi connectivity index (χ1n) is 9.83. The molecule has 4 N–H and O–H groups in total. The van der Waals surface area contributed by atoms with Gasteiger partial charge in [0.1, 0.15) is 6.29 Å². The summed E-state index contributed by atoms with van der Waals surface area (Å²) in [7, 11) is -1.22. The Morgan fingerprint density at radius 3 is 1.80 bits per heavy atom. The summed E-state index contributed by atoms with van der Waals surface area (Å²) >= 11 is 0. The van der Waals surface area contributed by atoms with Crippen molar-refractivity contribution in [2.24, 2.45) is 17.6 Å². The highest BCUT2D eigenvalue weighted by Crippen LogP contribution is 2.26. The Morgan fingerprint density at radius 1 is 0.960 bits per heavy atom. The molecule has 0 aromatic heterocycles. The molecule has 5 heteroatoms. The van der Waals surface area contributed by atoms with E-state index in [0.29, 0.717) is 12.0 Å². The van der Waals surface area contributed by atoms with E-state index < -0.39 is 7.12 Å². The molecule has 0 aromatic rings. The maximum atomic E-state index is 10.2. The first-order valence-corrected chi connectivity index (χ1v) is 9.83.